The standard InChI is InChI=1S/C17H20O7/c1-7-5-12(19)13(23-9(3)18)16(4)10(7)6-11-8(2)14(20)24-17(11,22)15(16)21/h5,10,13,15,21-22H,6H2,1-4H3. The maximum Gasteiger partial charge on any atom is 0.336 e. The van der Waals surface area contributed by atoms with Gasteiger partial charge in [-0.1, -0.05) is 12.5 Å². The summed E-state index contributed by atoms with van der Waals surface area (Å²) in [6, 6.07) is 0. The zero-order chi connectivity index (χ0) is 18.0. The first kappa shape index (κ1) is 16.9. The molecule has 1 aliphatic heterocycles. The van der Waals surface area contributed by atoms with Gasteiger partial charge in [0.05, 0.1) is 5.41 Å². The molecule has 0 amide bonds. The largest absolute Gasteiger partial charge is 0.453 e. The minimum atomic E-state index is -2.21. The van der Waals surface area contributed by atoms with E-state index in [4.69, 9.17) is 9.47 Å². The van der Waals surface area contributed by atoms with Crippen molar-refractivity contribution in [2.75, 3.05) is 0 Å². The molecule has 2 N–H and O–H groups in total. The number of carbonyl (C=O) groups is 3. The van der Waals surface area contributed by atoms with Gasteiger partial charge in [0.25, 0.3) is 5.79 Å². The van der Waals surface area contributed by atoms with Crippen molar-refractivity contribution in [3.05, 3.63) is 22.8 Å². The predicted octanol–water partition coefficient (Wildman–Crippen LogP) is 0.396. The number of hydrogen-bond donors (Lipinski definition) is 2. The van der Waals surface area contributed by atoms with E-state index in [-0.39, 0.29) is 17.9 Å². The maximum absolute atomic E-state index is 12.4. The van der Waals surface area contributed by atoms with Crippen molar-refractivity contribution >= 4 is 17.7 Å². The molecule has 1 heterocycles. The van der Waals surface area contributed by atoms with Crippen molar-refractivity contribution in [1.82, 2.24) is 0 Å². The molecule has 24 heavy (non-hydrogen) atoms. The lowest BCUT2D eigenvalue weighted by Crippen LogP contribution is -2.66. The summed E-state index contributed by atoms with van der Waals surface area (Å²) in [5.41, 5.74) is -0.0461. The van der Waals surface area contributed by atoms with Crippen LogP contribution < -0.4 is 0 Å². The van der Waals surface area contributed by atoms with Crippen LogP contribution in [-0.2, 0) is 23.9 Å². The average molecular weight is 336 g/mol. The van der Waals surface area contributed by atoms with Crippen LogP contribution >= 0.6 is 0 Å². The highest BCUT2D eigenvalue weighted by molar-refractivity contribution is 5.98. The van der Waals surface area contributed by atoms with Crippen LogP contribution in [0.3, 0.4) is 0 Å². The molecule has 0 spiro atoms. The Bertz CT molecular complexity index is 718. The summed E-state index contributed by atoms with van der Waals surface area (Å²) in [5, 5.41) is 21.7. The Morgan fingerprint density at radius 3 is 2.58 bits per heavy atom. The highest BCUT2D eigenvalue weighted by atomic mass is 16.7. The van der Waals surface area contributed by atoms with Gasteiger partial charge in [-0.3, -0.25) is 9.59 Å². The van der Waals surface area contributed by atoms with Crippen molar-refractivity contribution in [3.63, 3.8) is 0 Å². The van der Waals surface area contributed by atoms with E-state index in [1.54, 1.807) is 13.8 Å². The maximum atomic E-state index is 12.4. The fourth-order valence-electron chi connectivity index (χ4n) is 4.26. The predicted molar refractivity (Wildman–Crippen MR) is 80.3 cm³/mol. The summed E-state index contributed by atoms with van der Waals surface area (Å²) in [4.78, 5) is 35.7. The third kappa shape index (κ3) is 1.94. The van der Waals surface area contributed by atoms with Gasteiger partial charge in [0.1, 0.15) is 6.10 Å². The van der Waals surface area contributed by atoms with Gasteiger partial charge in [-0.05, 0) is 32.3 Å². The summed E-state index contributed by atoms with van der Waals surface area (Å²) < 4.78 is 10.2. The molecule has 0 aromatic heterocycles. The fraction of sp³-hybridized carbons (Fsp3) is 0.588. The van der Waals surface area contributed by atoms with Crippen molar-refractivity contribution < 1.29 is 34.1 Å². The first-order valence-electron chi connectivity index (χ1n) is 7.76. The van der Waals surface area contributed by atoms with Crippen LogP contribution in [0, 0.1) is 11.3 Å². The number of ether oxygens (including phenoxy) is 2. The van der Waals surface area contributed by atoms with Crippen LogP contribution in [0.2, 0.25) is 0 Å². The van der Waals surface area contributed by atoms with Gasteiger partial charge in [-0.2, -0.15) is 0 Å². The van der Waals surface area contributed by atoms with Crippen LogP contribution in [0.4, 0.5) is 0 Å². The number of esters is 2. The molecule has 3 rings (SSSR count). The molecule has 7 nitrogen and oxygen atoms in total. The van der Waals surface area contributed by atoms with E-state index in [0.717, 1.165) is 0 Å². The van der Waals surface area contributed by atoms with Crippen LogP contribution in [0.15, 0.2) is 22.8 Å². The Kier molecular flexibility index (Phi) is 3.51. The lowest BCUT2D eigenvalue weighted by atomic mass is 9.54. The summed E-state index contributed by atoms with van der Waals surface area (Å²) in [6.45, 7) is 6.02. The molecule has 1 fully saturated rings. The van der Waals surface area contributed by atoms with Crippen molar-refractivity contribution in [2.24, 2.45) is 11.3 Å². The number of carbonyl (C=O) groups excluding carboxylic acids is 3. The molecular formula is C17H20O7. The Balaban J connectivity index is 2.17. The van der Waals surface area contributed by atoms with Gasteiger partial charge in [0.15, 0.2) is 11.9 Å². The molecule has 2 aliphatic carbocycles. The molecule has 1 saturated carbocycles. The fourth-order valence-corrected chi connectivity index (χ4v) is 4.26. The van der Waals surface area contributed by atoms with Gasteiger partial charge in [-0.25, -0.2) is 4.79 Å². The second-order valence-corrected chi connectivity index (χ2v) is 6.99. The number of aliphatic hydroxyl groups is 2. The normalized spacial score (nSPS) is 41.4. The van der Waals surface area contributed by atoms with Crippen LogP contribution in [0.5, 0.6) is 0 Å². The minimum Gasteiger partial charge on any atom is -0.453 e. The molecule has 7 heteroatoms. The minimum absolute atomic E-state index is 0.231. The number of fused-ring (bicyclic) bond motifs is 2. The Morgan fingerprint density at radius 2 is 2.00 bits per heavy atom. The summed E-state index contributed by atoms with van der Waals surface area (Å²) in [6.07, 6.45) is -1.25. The van der Waals surface area contributed by atoms with Crippen molar-refractivity contribution in [2.45, 2.75) is 52.1 Å². The van der Waals surface area contributed by atoms with E-state index in [1.807, 2.05) is 0 Å². The number of ketones is 1. The smallest absolute Gasteiger partial charge is 0.336 e. The van der Waals surface area contributed by atoms with Crippen molar-refractivity contribution in [1.29, 1.82) is 0 Å². The molecule has 0 bridgehead atoms. The lowest BCUT2D eigenvalue weighted by molar-refractivity contribution is -0.269. The third-order valence-electron chi connectivity index (χ3n) is 5.59. The number of allylic oxidation sites excluding steroid dienone is 1. The zero-order valence-corrected chi connectivity index (χ0v) is 14.0. The molecule has 130 valence electrons. The van der Waals surface area contributed by atoms with E-state index in [0.29, 0.717) is 11.1 Å². The summed E-state index contributed by atoms with van der Waals surface area (Å²) in [5.74, 6) is -4.41. The second-order valence-electron chi connectivity index (χ2n) is 6.99. The van der Waals surface area contributed by atoms with Crippen LogP contribution in [0.1, 0.15) is 34.1 Å². The molecule has 3 aliphatic rings. The topological polar surface area (TPSA) is 110 Å². The van der Waals surface area contributed by atoms with Gasteiger partial charge in [-0.15, -0.1) is 0 Å². The average Bonchev–Trinajstić information content (AvgIpc) is 2.70. The first-order chi connectivity index (χ1) is 11.0. The Labute approximate surface area is 138 Å². The van der Waals surface area contributed by atoms with E-state index < -0.39 is 41.1 Å². The van der Waals surface area contributed by atoms with Gasteiger partial charge < -0.3 is 19.7 Å². The number of aliphatic hydroxyl groups excluding tert-OH is 1. The van der Waals surface area contributed by atoms with Gasteiger partial charge >= 0.3 is 11.9 Å². The highest BCUT2D eigenvalue weighted by Crippen LogP contribution is 2.57. The van der Waals surface area contributed by atoms with Crippen LogP contribution in [-0.4, -0.2) is 45.9 Å². The molecule has 0 aromatic rings. The van der Waals surface area contributed by atoms with Gasteiger partial charge in [0.2, 0.25) is 0 Å². The molecular weight excluding hydrogens is 316 g/mol. The quantitative estimate of drug-likeness (QED) is 0.667. The molecule has 0 aromatic carbocycles. The van der Waals surface area contributed by atoms with Crippen molar-refractivity contribution in [3.8, 4) is 0 Å². The van der Waals surface area contributed by atoms with E-state index in [2.05, 4.69) is 0 Å². The van der Waals surface area contributed by atoms with E-state index >= 15 is 0 Å². The lowest BCUT2D eigenvalue weighted by Gasteiger charge is -2.54. The molecule has 0 saturated heterocycles. The monoisotopic (exact) mass is 336 g/mol. The van der Waals surface area contributed by atoms with E-state index in [9.17, 15) is 24.6 Å². The number of rotatable bonds is 1. The third-order valence-corrected chi connectivity index (χ3v) is 5.59. The second kappa shape index (κ2) is 5.00. The first-order valence-corrected chi connectivity index (χ1v) is 7.76. The Morgan fingerprint density at radius 1 is 1.38 bits per heavy atom. The Hall–Kier alpha value is -1.99. The summed E-state index contributed by atoms with van der Waals surface area (Å²) >= 11 is 0. The van der Waals surface area contributed by atoms with Crippen LogP contribution in [0.25, 0.3) is 0 Å². The molecule has 5 unspecified atom stereocenters. The zero-order valence-electron chi connectivity index (χ0n) is 14.0. The SMILES string of the molecule is CC(=O)OC1C(=O)C=C(C)C2CC3=C(C)C(=O)OC3(O)C(O)C21C. The van der Waals surface area contributed by atoms with E-state index in [1.165, 1.54) is 19.9 Å². The molecule has 5 atom stereocenters. The summed E-state index contributed by atoms with van der Waals surface area (Å²) in [7, 11) is 0. The van der Waals surface area contributed by atoms with Gasteiger partial charge in [0, 0.05) is 18.1 Å². The molecule has 0 radical (unpaired) electrons. The number of hydrogen-bond acceptors (Lipinski definition) is 7. The highest BCUT2D eigenvalue weighted by Gasteiger charge is 2.68.